The molecule has 0 fully saturated rings. The highest BCUT2D eigenvalue weighted by Crippen LogP contribution is 2.10. The Labute approximate surface area is 149 Å². The van der Waals surface area contributed by atoms with Crippen molar-refractivity contribution in [2.24, 2.45) is 0 Å². The van der Waals surface area contributed by atoms with Gasteiger partial charge in [0.05, 0.1) is 6.61 Å². The molecule has 0 radical (unpaired) electrons. The molecule has 0 aromatic heterocycles. The maximum atomic E-state index is 11.3. The predicted octanol–water partition coefficient (Wildman–Crippen LogP) is 6.16. The smallest absolute Gasteiger partial charge is 0.305 e. The number of rotatable bonds is 18. The lowest BCUT2D eigenvalue weighted by atomic mass is 10.1. The fourth-order valence-electron chi connectivity index (χ4n) is 2.63. The SMILES string of the molecule is CCCCCCCC/C=C\CCCCCCCC(=O)OCCC=O. The van der Waals surface area contributed by atoms with Gasteiger partial charge in [0.2, 0.25) is 0 Å². The fourth-order valence-corrected chi connectivity index (χ4v) is 2.63. The van der Waals surface area contributed by atoms with Gasteiger partial charge in [-0.2, -0.15) is 0 Å². The van der Waals surface area contributed by atoms with Gasteiger partial charge in [0.25, 0.3) is 0 Å². The van der Waals surface area contributed by atoms with E-state index in [0.29, 0.717) is 12.8 Å². The third-order valence-corrected chi connectivity index (χ3v) is 4.14. The maximum Gasteiger partial charge on any atom is 0.305 e. The molecule has 0 aliphatic carbocycles. The summed E-state index contributed by atoms with van der Waals surface area (Å²) in [6.07, 6.45) is 22.5. The summed E-state index contributed by atoms with van der Waals surface area (Å²) >= 11 is 0. The zero-order valence-corrected chi connectivity index (χ0v) is 15.8. The van der Waals surface area contributed by atoms with Crippen LogP contribution in [-0.2, 0) is 14.3 Å². The average Bonchev–Trinajstić information content (AvgIpc) is 2.58. The van der Waals surface area contributed by atoms with Crippen LogP contribution in [0.2, 0.25) is 0 Å². The molecule has 0 atom stereocenters. The Hall–Kier alpha value is -1.12. The number of hydrogen-bond donors (Lipinski definition) is 0. The molecule has 0 N–H and O–H groups in total. The van der Waals surface area contributed by atoms with Gasteiger partial charge in [-0.25, -0.2) is 0 Å². The van der Waals surface area contributed by atoms with Crippen molar-refractivity contribution in [3.05, 3.63) is 12.2 Å². The van der Waals surface area contributed by atoms with E-state index in [2.05, 4.69) is 19.1 Å². The molecule has 0 aliphatic rings. The molecule has 0 aliphatic heterocycles. The van der Waals surface area contributed by atoms with Crippen molar-refractivity contribution in [1.29, 1.82) is 0 Å². The molecule has 0 saturated carbocycles. The van der Waals surface area contributed by atoms with E-state index >= 15 is 0 Å². The van der Waals surface area contributed by atoms with Gasteiger partial charge in [0.15, 0.2) is 0 Å². The van der Waals surface area contributed by atoms with Crippen LogP contribution in [0.4, 0.5) is 0 Å². The van der Waals surface area contributed by atoms with Gasteiger partial charge in [0.1, 0.15) is 6.29 Å². The summed E-state index contributed by atoms with van der Waals surface area (Å²) in [6, 6.07) is 0. The third kappa shape index (κ3) is 18.9. The topological polar surface area (TPSA) is 43.4 Å². The number of esters is 1. The van der Waals surface area contributed by atoms with Crippen LogP contribution in [-0.4, -0.2) is 18.9 Å². The van der Waals surface area contributed by atoms with Gasteiger partial charge in [-0.05, 0) is 32.1 Å². The molecule has 3 nitrogen and oxygen atoms in total. The number of hydrogen-bond acceptors (Lipinski definition) is 3. The van der Waals surface area contributed by atoms with Gasteiger partial charge >= 0.3 is 5.97 Å². The van der Waals surface area contributed by atoms with Crippen LogP contribution >= 0.6 is 0 Å². The van der Waals surface area contributed by atoms with Crippen molar-refractivity contribution in [3.8, 4) is 0 Å². The quantitative estimate of drug-likeness (QED) is 0.130. The first kappa shape index (κ1) is 22.9. The number of carbonyl (C=O) groups is 2. The minimum atomic E-state index is -0.172. The number of ether oxygens (including phenoxy) is 1. The molecule has 0 unspecified atom stereocenters. The van der Waals surface area contributed by atoms with Crippen molar-refractivity contribution in [3.63, 3.8) is 0 Å². The lowest BCUT2D eigenvalue weighted by molar-refractivity contribution is -0.144. The first-order valence-corrected chi connectivity index (χ1v) is 10.1. The highest BCUT2D eigenvalue weighted by atomic mass is 16.5. The second-order valence-corrected chi connectivity index (χ2v) is 6.51. The Bertz CT molecular complexity index is 310. The number of allylic oxidation sites excluding steroid dienone is 2. The summed E-state index contributed by atoms with van der Waals surface area (Å²) in [5, 5.41) is 0. The summed E-state index contributed by atoms with van der Waals surface area (Å²) in [7, 11) is 0. The Balaban J connectivity index is 3.17. The molecule has 24 heavy (non-hydrogen) atoms. The molecule has 0 heterocycles. The van der Waals surface area contributed by atoms with Crippen molar-refractivity contribution < 1.29 is 14.3 Å². The van der Waals surface area contributed by atoms with Gasteiger partial charge in [-0.1, -0.05) is 70.4 Å². The Morgan fingerprint density at radius 1 is 0.750 bits per heavy atom. The van der Waals surface area contributed by atoms with E-state index < -0.39 is 0 Å². The van der Waals surface area contributed by atoms with Gasteiger partial charge in [-0.15, -0.1) is 0 Å². The monoisotopic (exact) mass is 338 g/mol. The lowest BCUT2D eigenvalue weighted by Gasteiger charge is -2.02. The molecule has 0 aromatic rings. The van der Waals surface area contributed by atoms with E-state index in [1.165, 1.54) is 70.6 Å². The first-order chi connectivity index (χ1) is 11.8. The average molecular weight is 339 g/mol. The molecule has 140 valence electrons. The summed E-state index contributed by atoms with van der Waals surface area (Å²) in [4.78, 5) is 21.4. The van der Waals surface area contributed by atoms with Crippen LogP contribution in [0.25, 0.3) is 0 Å². The Morgan fingerprint density at radius 3 is 1.88 bits per heavy atom. The van der Waals surface area contributed by atoms with Crippen molar-refractivity contribution >= 4 is 12.3 Å². The van der Waals surface area contributed by atoms with Crippen molar-refractivity contribution in [2.45, 2.75) is 103 Å². The highest BCUT2D eigenvalue weighted by Gasteiger charge is 2.01. The summed E-state index contributed by atoms with van der Waals surface area (Å²) in [5.74, 6) is -0.172. The van der Waals surface area contributed by atoms with Crippen LogP contribution in [0.3, 0.4) is 0 Å². The molecule has 0 amide bonds. The second-order valence-electron chi connectivity index (χ2n) is 6.51. The van der Waals surface area contributed by atoms with E-state index in [0.717, 1.165) is 19.1 Å². The highest BCUT2D eigenvalue weighted by molar-refractivity contribution is 5.69. The van der Waals surface area contributed by atoms with E-state index in [4.69, 9.17) is 4.74 Å². The van der Waals surface area contributed by atoms with Crippen molar-refractivity contribution in [1.82, 2.24) is 0 Å². The van der Waals surface area contributed by atoms with E-state index in [1.54, 1.807) is 0 Å². The van der Waals surface area contributed by atoms with E-state index in [1.807, 2.05) is 0 Å². The normalized spacial score (nSPS) is 11.0. The minimum absolute atomic E-state index is 0.172. The largest absolute Gasteiger partial charge is 0.465 e. The third-order valence-electron chi connectivity index (χ3n) is 4.14. The van der Waals surface area contributed by atoms with Crippen LogP contribution < -0.4 is 0 Å². The molecule has 0 aromatic carbocycles. The molecule has 0 spiro atoms. The number of unbranched alkanes of at least 4 members (excludes halogenated alkanes) is 11. The molecular weight excluding hydrogens is 300 g/mol. The zero-order valence-electron chi connectivity index (χ0n) is 15.8. The van der Waals surface area contributed by atoms with Gasteiger partial charge in [0, 0.05) is 12.8 Å². The minimum Gasteiger partial charge on any atom is -0.465 e. The van der Waals surface area contributed by atoms with E-state index in [-0.39, 0.29) is 12.6 Å². The number of carbonyl (C=O) groups excluding carboxylic acids is 2. The van der Waals surface area contributed by atoms with Crippen LogP contribution in [0.1, 0.15) is 103 Å². The van der Waals surface area contributed by atoms with Crippen molar-refractivity contribution in [2.75, 3.05) is 6.61 Å². The summed E-state index contributed by atoms with van der Waals surface area (Å²) < 4.78 is 4.92. The molecule has 0 rings (SSSR count). The standard InChI is InChI=1S/C21H38O3/c1-2-3-4-5-6-7-8-9-10-11-12-13-14-15-16-18-21(23)24-20-17-19-22/h9-10,19H,2-8,11-18,20H2,1H3/b10-9-. The molecular formula is C21H38O3. The lowest BCUT2D eigenvalue weighted by Crippen LogP contribution is -2.05. The van der Waals surface area contributed by atoms with E-state index in [9.17, 15) is 9.59 Å². The second kappa shape index (κ2) is 19.9. The number of aldehydes is 1. The van der Waals surface area contributed by atoms with Gasteiger partial charge in [-0.3, -0.25) is 4.79 Å². The Morgan fingerprint density at radius 2 is 1.29 bits per heavy atom. The van der Waals surface area contributed by atoms with Gasteiger partial charge < -0.3 is 9.53 Å². The molecule has 0 saturated heterocycles. The predicted molar refractivity (Wildman–Crippen MR) is 101 cm³/mol. The van der Waals surface area contributed by atoms with Crippen LogP contribution in [0, 0.1) is 0 Å². The summed E-state index contributed by atoms with van der Waals surface area (Å²) in [5.41, 5.74) is 0. The first-order valence-electron chi connectivity index (χ1n) is 10.1. The molecule has 0 bridgehead atoms. The molecule has 3 heteroatoms. The fraction of sp³-hybridized carbons (Fsp3) is 0.810. The Kier molecular flexibility index (Phi) is 19.0. The van der Waals surface area contributed by atoms with Crippen LogP contribution in [0.5, 0.6) is 0 Å². The van der Waals surface area contributed by atoms with Crippen LogP contribution in [0.15, 0.2) is 12.2 Å². The maximum absolute atomic E-state index is 11.3. The zero-order chi connectivity index (χ0) is 17.7. The summed E-state index contributed by atoms with van der Waals surface area (Å²) in [6.45, 7) is 2.49.